The predicted octanol–water partition coefficient (Wildman–Crippen LogP) is 2.73. The molecule has 1 aromatic heterocycles. The third-order valence-corrected chi connectivity index (χ3v) is 4.01. The molecule has 0 bridgehead atoms. The van der Waals surface area contributed by atoms with Gasteiger partial charge in [0.1, 0.15) is 0 Å². The number of ether oxygens (including phenoxy) is 1. The van der Waals surface area contributed by atoms with E-state index in [1.54, 1.807) is 0 Å². The third-order valence-electron chi connectivity index (χ3n) is 4.01. The number of aromatic nitrogens is 2. The van der Waals surface area contributed by atoms with E-state index in [0.29, 0.717) is 12.1 Å². The maximum absolute atomic E-state index is 5.71. The highest BCUT2D eigenvalue weighted by atomic mass is 16.5. The second-order valence-electron chi connectivity index (χ2n) is 5.62. The Morgan fingerprint density at radius 3 is 2.89 bits per heavy atom. The number of rotatable bonds is 4. The minimum atomic E-state index is 0.378. The highest BCUT2D eigenvalue weighted by molar-refractivity contribution is 5.30. The fourth-order valence-electron chi connectivity index (χ4n) is 3.06. The van der Waals surface area contributed by atoms with Crippen molar-refractivity contribution in [2.45, 2.75) is 64.1 Å². The number of imidazole rings is 1. The van der Waals surface area contributed by atoms with Crippen molar-refractivity contribution in [3.8, 4) is 0 Å². The van der Waals surface area contributed by atoms with Crippen LogP contribution in [0.1, 0.15) is 44.2 Å². The molecule has 1 N–H and O–H groups in total. The molecule has 2 aliphatic rings. The van der Waals surface area contributed by atoms with Gasteiger partial charge in [-0.1, -0.05) is 12.8 Å². The fourth-order valence-corrected chi connectivity index (χ4v) is 3.06. The zero-order valence-electron chi connectivity index (χ0n) is 11.2. The van der Waals surface area contributed by atoms with Crippen LogP contribution in [0.3, 0.4) is 0 Å². The van der Waals surface area contributed by atoms with Crippen molar-refractivity contribution in [1.29, 1.82) is 0 Å². The van der Waals surface area contributed by atoms with E-state index in [9.17, 15) is 0 Å². The third kappa shape index (κ3) is 2.69. The van der Waals surface area contributed by atoms with Crippen LogP contribution in [-0.4, -0.2) is 28.3 Å². The molecule has 1 aromatic rings. The maximum Gasteiger partial charge on any atom is 0.203 e. The van der Waals surface area contributed by atoms with Crippen LogP contribution in [0.4, 0.5) is 5.95 Å². The molecule has 1 aliphatic carbocycles. The summed E-state index contributed by atoms with van der Waals surface area (Å²) in [4.78, 5) is 4.61. The van der Waals surface area contributed by atoms with Gasteiger partial charge in [0.05, 0.1) is 18.3 Å². The lowest BCUT2D eigenvalue weighted by Gasteiger charge is -2.16. The molecule has 2 heterocycles. The summed E-state index contributed by atoms with van der Waals surface area (Å²) >= 11 is 0. The van der Waals surface area contributed by atoms with Crippen molar-refractivity contribution in [3.05, 3.63) is 11.9 Å². The van der Waals surface area contributed by atoms with Crippen molar-refractivity contribution < 1.29 is 4.74 Å². The first-order valence-electron chi connectivity index (χ1n) is 7.23. The van der Waals surface area contributed by atoms with Crippen LogP contribution in [0, 0.1) is 6.92 Å². The molecule has 0 spiro atoms. The van der Waals surface area contributed by atoms with E-state index >= 15 is 0 Å². The molecule has 0 radical (unpaired) electrons. The van der Waals surface area contributed by atoms with Crippen LogP contribution in [0.5, 0.6) is 0 Å². The number of nitrogens with one attached hydrogen (secondary N) is 1. The largest absolute Gasteiger partial charge is 0.376 e. The summed E-state index contributed by atoms with van der Waals surface area (Å²) in [7, 11) is 0. The highest BCUT2D eigenvalue weighted by Crippen LogP contribution is 2.23. The number of hydrogen-bond donors (Lipinski definition) is 1. The first kappa shape index (κ1) is 12.0. The summed E-state index contributed by atoms with van der Waals surface area (Å²) in [6.45, 7) is 3.92. The summed E-state index contributed by atoms with van der Waals surface area (Å²) in [6, 6.07) is 0.620. The molecule has 1 unspecified atom stereocenters. The fraction of sp³-hybridized carbons (Fsp3) is 0.786. The van der Waals surface area contributed by atoms with E-state index < -0.39 is 0 Å². The molecular weight excluding hydrogens is 226 g/mol. The Morgan fingerprint density at radius 2 is 2.17 bits per heavy atom. The smallest absolute Gasteiger partial charge is 0.203 e. The molecule has 1 atom stereocenters. The van der Waals surface area contributed by atoms with Crippen molar-refractivity contribution in [2.75, 3.05) is 11.9 Å². The number of aryl methyl sites for hydroxylation is 1. The first-order valence-corrected chi connectivity index (χ1v) is 7.23. The van der Waals surface area contributed by atoms with Gasteiger partial charge in [-0.2, -0.15) is 0 Å². The number of nitrogens with zero attached hydrogens (tertiary/aromatic N) is 2. The van der Waals surface area contributed by atoms with Gasteiger partial charge < -0.3 is 14.6 Å². The van der Waals surface area contributed by atoms with Crippen LogP contribution in [-0.2, 0) is 11.3 Å². The monoisotopic (exact) mass is 249 g/mol. The Labute approximate surface area is 109 Å². The lowest BCUT2D eigenvalue weighted by Crippen LogP contribution is -2.21. The van der Waals surface area contributed by atoms with Crippen LogP contribution >= 0.6 is 0 Å². The molecule has 0 amide bonds. The van der Waals surface area contributed by atoms with E-state index in [2.05, 4.69) is 28.0 Å². The Hall–Kier alpha value is -1.03. The quantitative estimate of drug-likeness (QED) is 0.891. The second-order valence-corrected chi connectivity index (χ2v) is 5.62. The predicted molar refractivity (Wildman–Crippen MR) is 71.8 cm³/mol. The minimum absolute atomic E-state index is 0.378. The molecule has 3 rings (SSSR count). The van der Waals surface area contributed by atoms with Crippen molar-refractivity contribution in [3.63, 3.8) is 0 Å². The Morgan fingerprint density at radius 1 is 1.33 bits per heavy atom. The van der Waals surface area contributed by atoms with Gasteiger partial charge in [0.25, 0.3) is 0 Å². The highest BCUT2D eigenvalue weighted by Gasteiger charge is 2.20. The summed E-state index contributed by atoms with van der Waals surface area (Å²) in [5, 5.41) is 3.60. The summed E-state index contributed by atoms with van der Waals surface area (Å²) < 4.78 is 7.95. The van der Waals surface area contributed by atoms with Crippen LogP contribution < -0.4 is 5.32 Å². The SMILES string of the molecule is Cc1cn(CC2CCCO2)c(NC2CCCC2)n1. The van der Waals surface area contributed by atoms with Gasteiger partial charge in [0.2, 0.25) is 5.95 Å². The summed E-state index contributed by atoms with van der Waals surface area (Å²) in [6.07, 6.45) is 10.2. The van der Waals surface area contributed by atoms with E-state index in [1.165, 1.54) is 38.5 Å². The van der Waals surface area contributed by atoms with Crippen molar-refractivity contribution in [1.82, 2.24) is 9.55 Å². The molecular formula is C14H23N3O. The average Bonchev–Trinajstić information content (AvgIpc) is 3.03. The molecule has 1 saturated carbocycles. The van der Waals surface area contributed by atoms with Crippen molar-refractivity contribution >= 4 is 5.95 Å². The second kappa shape index (κ2) is 5.31. The normalized spacial score (nSPS) is 24.8. The minimum Gasteiger partial charge on any atom is -0.376 e. The number of hydrogen-bond acceptors (Lipinski definition) is 3. The van der Waals surface area contributed by atoms with E-state index in [0.717, 1.165) is 24.8 Å². The van der Waals surface area contributed by atoms with Crippen molar-refractivity contribution in [2.24, 2.45) is 0 Å². The van der Waals surface area contributed by atoms with Gasteiger partial charge in [-0.25, -0.2) is 4.98 Å². The molecule has 100 valence electrons. The molecule has 1 saturated heterocycles. The maximum atomic E-state index is 5.71. The standard InChI is InChI=1S/C14H23N3O/c1-11-9-17(10-13-7-4-8-18-13)14(15-11)16-12-5-2-3-6-12/h9,12-13H,2-8,10H2,1H3,(H,15,16). The summed E-state index contributed by atoms with van der Waals surface area (Å²) in [5.41, 5.74) is 1.09. The van der Waals surface area contributed by atoms with Gasteiger partial charge in [-0.3, -0.25) is 0 Å². The molecule has 4 nitrogen and oxygen atoms in total. The van der Waals surface area contributed by atoms with Gasteiger partial charge in [-0.15, -0.1) is 0 Å². The molecule has 1 aliphatic heterocycles. The molecule has 18 heavy (non-hydrogen) atoms. The lowest BCUT2D eigenvalue weighted by molar-refractivity contribution is 0.0974. The van der Waals surface area contributed by atoms with Gasteiger partial charge in [-0.05, 0) is 32.6 Å². The lowest BCUT2D eigenvalue weighted by atomic mass is 10.2. The number of anilines is 1. The topological polar surface area (TPSA) is 39.1 Å². The van der Waals surface area contributed by atoms with E-state index in [4.69, 9.17) is 4.74 Å². The molecule has 2 fully saturated rings. The molecule has 4 heteroatoms. The van der Waals surface area contributed by atoms with E-state index in [1.807, 2.05) is 0 Å². The van der Waals surface area contributed by atoms with Gasteiger partial charge >= 0.3 is 0 Å². The first-order chi connectivity index (χ1) is 8.81. The average molecular weight is 249 g/mol. The Bertz CT molecular complexity index is 354. The summed E-state index contributed by atoms with van der Waals surface area (Å²) in [5.74, 6) is 1.04. The Kier molecular flexibility index (Phi) is 3.55. The Balaban J connectivity index is 1.67. The van der Waals surface area contributed by atoms with E-state index in [-0.39, 0.29) is 0 Å². The van der Waals surface area contributed by atoms with Crippen LogP contribution in [0.25, 0.3) is 0 Å². The van der Waals surface area contributed by atoms with Crippen LogP contribution in [0.2, 0.25) is 0 Å². The van der Waals surface area contributed by atoms with Gasteiger partial charge in [0.15, 0.2) is 0 Å². The van der Waals surface area contributed by atoms with Gasteiger partial charge in [0, 0.05) is 18.8 Å². The zero-order chi connectivity index (χ0) is 12.4. The van der Waals surface area contributed by atoms with Crippen LogP contribution in [0.15, 0.2) is 6.20 Å². The molecule has 0 aromatic carbocycles. The zero-order valence-corrected chi connectivity index (χ0v) is 11.2.